The molecule has 0 saturated carbocycles. The van der Waals surface area contributed by atoms with E-state index < -0.39 is 11.8 Å². The number of rotatable bonds is 6. The Labute approximate surface area is 180 Å². The molecule has 2 heterocycles. The summed E-state index contributed by atoms with van der Waals surface area (Å²) in [6.45, 7) is 6.15. The quantitative estimate of drug-likeness (QED) is 0.597. The summed E-state index contributed by atoms with van der Waals surface area (Å²) < 4.78 is 1.75. The fourth-order valence-electron chi connectivity index (χ4n) is 3.71. The van der Waals surface area contributed by atoms with Crippen molar-refractivity contribution < 1.29 is 4.79 Å². The number of primary amides is 1. The lowest BCUT2D eigenvalue weighted by molar-refractivity contribution is -0.120. The number of carbonyl (C=O) groups excluding carboxylic acids is 1. The Kier molecular flexibility index (Phi) is 5.72. The van der Waals surface area contributed by atoms with Crippen molar-refractivity contribution in [2.45, 2.75) is 43.6 Å². The van der Waals surface area contributed by atoms with Gasteiger partial charge in [-0.2, -0.15) is 4.98 Å². The molecule has 3 aromatic rings. The minimum absolute atomic E-state index is 0.352. The van der Waals surface area contributed by atoms with Crippen LogP contribution in [-0.2, 0) is 10.5 Å². The monoisotopic (exact) mass is 419 g/mol. The van der Waals surface area contributed by atoms with Gasteiger partial charge in [-0.1, -0.05) is 80.2 Å². The Morgan fingerprint density at radius 3 is 2.47 bits per heavy atom. The fraction of sp³-hybridized carbons (Fsp3) is 0.304. The standard InChI is InChI=1S/C23H25N5OS/c1-14(2)17-9-11-18(12-10-17)20-19(21(24)29)15(3)25-22-26-23(27-28(20)22)30-13-16-7-5-4-6-8-16/h4-12,14,19-20H,13H2,1-3H3,(H2,24,29). The highest BCUT2D eigenvalue weighted by molar-refractivity contribution is 7.98. The number of aliphatic imine (C=N–C) groups is 1. The maximum absolute atomic E-state index is 12.3. The van der Waals surface area contributed by atoms with Gasteiger partial charge in [0, 0.05) is 11.5 Å². The first-order chi connectivity index (χ1) is 14.4. The lowest BCUT2D eigenvalue weighted by Gasteiger charge is -2.29. The maximum Gasteiger partial charge on any atom is 0.249 e. The van der Waals surface area contributed by atoms with E-state index in [9.17, 15) is 4.79 Å². The minimum atomic E-state index is -0.559. The molecule has 6 nitrogen and oxygen atoms in total. The molecule has 0 spiro atoms. The van der Waals surface area contributed by atoms with Crippen molar-refractivity contribution in [3.8, 4) is 0 Å². The van der Waals surface area contributed by atoms with Gasteiger partial charge < -0.3 is 5.73 Å². The van der Waals surface area contributed by atoms with Crippen molar-refractivity contribution in [2.75, 3.05) is 0 Å². The predicted octanol–water partition coefficient (Wildman–Crippen LogP) is 4.49. The molecular formula is C23H25N5OS. The number of amides is 1. The van der Waals surface area contributed by atoms with E-state index in [-0.39, 0.29) is 6.04 Å². The van der Waals surface area contributed by atoms with Crippen LogP contribution >= 0.6 is 11.8 Å². The second-order valence-electron chi connectivity index (χ2n) is 7.81. The predicted molar refractivity (Wildman–Crippen MR) is 120 cm³/mol. The molecule has 1 aliphatic heterocycles. The van der Waals surface area contributed by atoms with Gasteiger partial charge in [-0.15, -0.1) is 5.10 Å². The van der Waals surface area contributed by atoms with Gasteiger partial charge in [-0.05, 0) is 29.5 Å². The highest BCUT2D eigenvalue weighted by Crippen LogP contribution is 2.37. The van der Waals surface area contributed by atoms with Crippen molar-refractivity contribution in [1.29, 1.82) is 0 Å². The van der Waals surface area contributed by atoms with Gasteiger partial charge in [0.1, 0.15) is 5.92 Å². The van der Waals surface area contributed by atoms with E-state index in [1.807, 2.05) is 25.1 Å². The summed E-state index contributed by atoms with van der Waals surface area (Å²) in [6, 6.07) is 18.1. The smallest absolute Gasteiger partial charge is 0.249 e. The van der Waals surface area contributed by atoms with E-state index in [1.54, 1.807) is 16.4 Å². The summed E-state index contributed by atoms with van der Waals surface area (Å²) in [4.78, 5) is 21.5. The van der Waals surface area contributed by atoms with Crippen LogP contribution in [0.2, 0.25) is 0 Å². The molecule has 1 aliphatic rings. The first-order valence-electron chi connectivity index (χ1n) is 10.0. The zero-order valence-corrected chi connectivity index (χ0v) is 18.1. The third-order valence-corrected chi connectivity index (χ3v) is 6.27. The zero-order chi connectivity index (χ0) is 21.3. The minimum Gasteiger partial charge on any atom is -0.369 e. The zero-order valence-electron chi connectivity index (χ0n) is 17.3. The number of nitrogens with zero attached hydrogens (tertiary/aromatic N) is 4. The van der Waals surface area contributed by atoms with Gasteiger partial charge in [-0.3, -0.25) is 4.79 Å². The van der Waals surface area contributed by atoms with Crippen molar-refractivity contribution in [3.63, 3.8) is 0 Å². The number of carbonyl (C=O) groups is 1. The summed E-state index contributed by atoms with van der Waals surface area (Å²) in [6.07, 6.45) is 0. The Morgan fingerprint density at radius 1 is 1.13 bits per heavy atom. The number of hydrogen-bond acceptors (Lipinski definition) is 5. The largest absolute Gasteiger partial charge is 0.369 e. The molecule has 0 fully saturated rings. The second-order valence-corrected chi connectivity index (χ2v) is 8.76. The third-order valence-electron chi connectivity index (χ3n) is 5.36. The fourth-order valence-corrected chi connectivity index (χ4v) is 4.49. The van der Waals surface area contributed by atoms with Gasteiger partial charge in [-0.25, -0.2) is 9.67 Å². The van der Waals surface area contributed by atoms with Crippen molar-refractivity contribution >= 4 is 29.3 Å². The van der Waals surface area contributed by atoms with Gasteiger partial charge in [0.05, 0.1) is 6.04 Å². The Hall–Kier alpha value is -2.93. The molecule has 0 radical (unpaired) electrons. The third kappa shape index (κ3) is 4.03. The Bertz CT molecular complexity index is 1070. The molecule has 0 aliphatic carbocycles. The van der Waals surface area contributed by atoms with Crippen LogP contribution in [0.3, 0.4) is 0 Å². The number of nitrogens with two attached hydrogens (primary N) is 1. The molecule has 1 amide bonds. The molecule has 0 bridgehead atoms. The van der Waals surface area contributed by atoms with Crippen molar-refractivity contribution in [2.24, 2.45) is 16.6 Å². The Balaban J connectivity index is 1.69. The molecule has 2 N–H and O–H groups in total. The van der Waals surface area contributed by atoms with Gasteiger partial charge in [0.15, 0.2) is 0 Å². The van der Waals surface area contributed by atoms with Crippen LogP contribution in [-0.4, -0.2) is 26.4 Å². The number of hydrogen-bond donors (Lipinski definition) is 1. The van der Waals surface area contributed by atoms with Crippen LogP contribution in [0.1, 0.15) is 49.4 Å². The lowest BCUT2D eigenvalue weighted by atomic mass is 9.87. The summed E-state index contributed by atoms with van der Waals surface area (Å²) in [5.74, 6) is 0.743. The van der Waals surface area contributed by atoms with Crippen LogP contribution in [0.5, 0.6) is 0 Å². The molecule has 4 rings (SSSR count). The molecular weight excluding hydrogens is 394 g/mol. The van der Waals surface area contributed by atoms with E-state index >= 15 is 0 Å². The summed E-state index contributed by atoms with van der Waals surface area (Å²) in [5, 5.41) is 5.34. The van der Waals surface area contributed by atoms with Crippen LogP contribution in [0.15, 0.2) is 64.7 Å². The van der Waals surface area contributed by atoms with E-state index in [0.29, 0.717) is 22.7 Å². The molecule has 7 heteroatoms. The van der Waals surface area contributed by atoms with Crippen LogP contribution < -0.4 is 5.73 Å². The van der Waals surface area contributed by atoms with Crippen LogP contribution in [0.25, 0.3) is 0 Å². The highest BCUT2D eigenvalue weighted by Gasteiger charge is 2.38. The number of fused-ring (bicyclic) bond motifs is 1. The molecule has 2 unspecified atom stereocenters. The van der Waals surface area contributed by atoms with E-state index in [0.717, 1.165) is 11.3 Å². The number of thioether (sulfide) groups is 1. The molecule has 2 atom stereocenters. The average molecular weight is 420 g/mol. The van der Waals surface area contributed by atoms with Crippen molar-refractivity contribution in [3.05, 3.63) is 71.3 Å². The van der Waals surface area contributed by atoms with Gasteiger partial charge >= 0.3 is 0 Å². The first kappa shape index (κ1) is 20.3. The second kappa shape index (κ2) is 8.44. The van der Waals surface area contributed by atoms with E-state index in [1.165, 1.54) is 11.1 Å². The molecule has 154 valence electrons. The molecule has 2 aromatic carbocycles. The van der Waals surface area contributed by atoms with Gasteiger partial charge in [0.25, 0.3) is 0 Å². The summed E-state index contributed by atoms with van der Waals surface area (Å²) in [5.41, 5.74) is 9.86. The molecule has 1 aromatic heterocycles. The average Bonchev–Trinajstić information content (AvgIpc) is 3.14. The topological polar surface area (TPSA) is 86.2 Å². The van der Waals surface area contributed by atoms with Crippen LogP contribution in [0, 0.1) is 5.92 Å². The first-order valence-corrected chi connectivity index (χ1v) is 11.0. The summed E-state index contributed by atoms with van der Waals surface area (Å²) >= 11 is 1.55. The summed E-state index contributed by atoms with van der Waals surface area (Å²) in [7, 11) is 0. The number of aromatic nitrogens is 3. The normalized spacial score (nSPS) is 18.2. The number of benzene rings is 2. The Morgan fingerprint density at radius 2 is 1.83 bits per heavy atom. The van der Waals surface area contributed by atoms with Gasteiger partial charge in [0.2, 0.25) is 17.0 Å². The van der Waals surface area contributed by atoms with E-state index in [4.69, 9.17) is 10.8 Å². The lowest BCUT2D eigenvalue weighted by Crippen LogP contribution is -2.39. The molecule has 30 heavy (non-hydrogen) atoms. The van der Waals surface area contributed by atoms with Crippen molar-refractivity contribution in [1.82, 2.24) is 14.8 Å². The highest BCUT2D eigenvalue weighted by atomic mass is 32.2. The van der Waals surface area contributed by atoms with Crippen LogP contribution in [0.4, 0.5) is 5.95 Å². The maximum atomic E-state index is 12.3. The van der Waals surface area contributed by atoms with E-state index in [2.05, 4.69) is 60.2 Å². The molecule has 0 saturated heterocycles. The SMILES string of the molecule is CC1=Nc2nc(SCc3ccccc3)nn2C(c2ccc(C(C)C)cc2)C1C(N)=O.